The number of amides is 1. The van der Waals surface area contributed by atoms with Crippen LogP contribution in [0.1, 0.15) is 13.8 Å². The smallest absolute Gasteiger partial charge is 0.291 e. The van der Waals surface area contributed by atoms with Gasteiger partial charge in [0.25, 0.3) is 5.91 Å². The number of carbonyl (C=O) groups is 2. The van der Waals surface area contributed by atoms with Gasteiger partial charge < -0.3 is 0 Å². The average Bonchev–Trinajstić information content (AvgIpc) is 2.36. The van der Waals surface area contributed by atoms with Gasteiger partial charge in [0.15, 0.2) is 9.07 Å². The Morgan fingerprint density at radius 3 is 2.44 bits per heavy atom. The minimum atomic E-state index is -3.56. The molecule has 0 aliphatic carbocycles. The van der Waals surface area contributed by atoms with Gasteiger partial charge >= 0.3 is 5.92 Å². The summed E-state index contributed by atoms with van der Waals surface area (Å²) in [6.07, 6.45) is 0. The first-order chi connectivity index (χ1) is 7.14. The standard InChI is InChI=1S/C8H10F2N2O2S2/c1-7(4(13)8(2,9)10)5(14)12(11-3)6(15)16-7/h11H,1-3H3. The van der Waals surface area contributed by atoms with E-state index in [0.29, 0.717) is 18.7 Å². The molecule has 0 radical (unpaired) electrons. The Hall–Kier alpha value is -0.600. The number of Topliss-reactive ketones (excluding diaryl/α,β-unsaturated/α-hetero) is 1. The van der Waals surface area contributed by atoms with Crippen LogP contribution >= 0.6 is 24.0 Å². The van der Waals surface area contributed by atoms with Crippen molar-refractivity contribution in [2.24, 2.45) is 0 Å². The van der Waals surface area contributed by atoms with E-state index in [9.17, 15) is 18.4 Å². The monoisotopic (exact) mass is 268 g/mol. The molecular formula is C8H10F2N2O2S2. The van der Waals surface area contributed by atoms with Crippen LogP contribution < -0.4 is 5.43 Å². The molecule has 0 spiro atoms. The molecule has 1 aliphatic heterocycles. The van der Waals surface area contributed by atoms with Crippen LogP contribution in [0.15, 0.2) is 0 Å². The Balaban J connectivity index is 3.10. The second-order valence-electron chi connectivity index (χ2n) is 3.48. The van der Waals surface area contributed by atoms with E-state index < -0.39 is 22.4 Å². The van der Waals surface area contributed by atoms with Crippen molar-refractivity contribution < 1.29 is 18.4 Å². The normalized spacial score (nSPS) is 26.4. The largest absolute Gasteiger partial charge is 0.304 e. The number of nitrogens with zero attached hydrogens (tertiary/aromatic N) is 1. The zero-order valence-electron chi connectivity index (χ0n) is 8.84. The maximum Gasteiger partial charge on any atom is 0.304 e. The predicted molar refractivity (Wildman–Crippen MR) is 60.1 cm³/mol. The Morgan fingerprint density at radius 1 is 1.62 bits per heavy atom. The maximum atomic E-state index is 12.9. The third kappa shape index (κ3) is 1.96. The molecule has 0 saturated carbocycles. The quantitative estimate of drug-likeness (QED) is 0.610. The molecule has 1 rings (SSSR count). The van der Waals surface area contributed by atoms with Crippen LogP contribution in [0.2, 0.25) is 0 Å². The summed E-state index contributed by atoms with van der Waals surface area (Å²) in [7, 11) is 1.42. The van der Waals surface area contributed by atoms with E-state index in [-0.39, 0.29) is 4.32 Å². The van der Waals surface area contributed by atoms with Crippen LogP contribution in [0.25, 0.3) is 0 Å². The van der Waals surface area contributed by atoms with Crippen molar-refractivity contribution in [3.05, 3.63) is 0 Å². The van der Waals surface area contributed by atoms with Crippen molar-refractivity contribution in [2.75, 3.05) is 7.05 Å². The van der Waals surface area contributed by atoms with Crippen LogP contribution in [-0.4, -0.2) is 38.7 Å². The second-order valence-corrected chi connectivity index (χ2v) is 5.54. The van der Waals surface area contributed by atoms with Crippen molar-refractivity contribution in [2.45, 2.75) is 24.5 Å². The maximum absolute atomic E-state index is 12.9. The molecule has 0 aromatic rings. The summed E-state index contributed by atoms with van der Waals surface area (Å²) in [4.78, 5) is 23.3. The molecule has 16 heavy (non-hydrogen) atoms. The summed E-state index contributed by atoms with van der Waals surface area (Å²) in [5.74, 6) is -5.76. The fourth-order valence-electron chi connectivity index (χ4n) is 1.32. The van der Waals surface area contributed by atoms with Crippen molar-refractivity contribution in [3.63, 3.8) is 0 Å². The van der Waals surface area contributed by atoms with Crippen molar-refractivity contribution >= 4 is 40.0 Å². The molecule has 1 unspecified atom stereocenters. The Labute approximate surface area is 101 Å². The third-order valence-electron chi connectivity index (χ3n) is 2.14. The number of thiocarbonyl (C=S) groups is 1. The van der Waals surface area contributed by atoms with Gasteiger partial charge in [-0.25, -0.2) is 10.4 Å². The lowest BCUT2D eigenvalue weighted by atomic mass is 10.00. The number of thioether (sulfide) groups is 1. The lowest BCUT2D eigenvalue weighted by molar-refractivity contribution is -0.148. The van der Waals surface area contributed by atoms with Gasteiger partial charge in [0.2, 0.25) is 5.78 Å². The number of hydrogen-bond donors (Lipinski definition) is 1. The number of carbonyl (C=O) groups excluding carboxylic acids is 2. The molecule has 90 valence electrons. The highest BCUT2D eigenvalue weighted by atomic mass is 32.2. The zero-order valence-corrected chi connectivity index (χ0v) is 10.5. The van der Waals surface area contributed by atoms with Gasteiger partial charge in [0, 0.05) is 14.0 Å². The number of ketones is 1. The van der Waals surface area contributed by atoms with Crippen LogP contribution in [0.3, 0.4) is 0 Å². The molecule has 1 fully saturated rings. The van der Waals surface area contributed by atoms with Crippen LogP contribution in [0.4, 0.5) is 8.78 Å². The molecule has 1 aliphatic rings. The minimum absolute atomic E-state index is 0.0626. The highest BCUT2D eigenvalue weighted by Gasteiger charge is 2.58. The molecule has 1 heterocycles. The van der Waals surface area contributed by atoms with Gasteiger partial charge in [-0.2, -0.15) is 8.78 Å². The van der Waals surface area contributed by atoms with Crippen molar-refractivity contribution in [1.29, 1.82) is 0 Å². The number of halogens is 2. The second kappa shape index (κ2) is 4.01. The Kier molecular flexibility index (Phi) is 3.37. The van der Waals surface area contributed by atoms with Crippen LogP contribution in [-0.2, 0) is 9.59 Å². The van der Waals surface area contributed by atoms with Crippen molar-refractivity contribution in [3.8, 4) is 0 Å². The van der Waals surface area contributed by atoms with Crippen molar-refractivity contribution in [1.82, 2.24) is 10.4 Å². The Bertz CT molecular complexity index is 370. The molecule has 1 atom stereocenters. The lowest BCUT2D eigenvalue weighted by Crippen LogP contribution is -2.51. The minimum Gasteiger partial charge on any atom is -0.291 e. The fraction of sp³-hybridized carbons (Fsp3) is 0.625. The van der Waals surface area contributed by atoms with Crippen LogP contribution in [0.5, 0.6) is 0 Å². The molecule has 1 N–H and O–H groups in total. The Morgan fingerprint density at radius 2 is 2.12 bits per heavy atom. The number of rotatable bonds is 3. The van der Waals surface area contributed by atoms with Gasteiger partial charge in [0.05, 0.1) is 0 Å². The first-order valence-corrected chi connectivity index (χ1v) is 5.54. The number of hydrazine groups is 1. The zero-order chi connectivity index (χ0) is 12.7. The van der Waals surface area contributed by atoms with Gasteiger partial charge in [-0.3, -0.25) is 9.59 Å². The summed E-state index contributed by atoms with van der Waals surface area (Å²) in [5.41, 5.74) is 2.45. The molecule has 0 aromatic carbocycles. The molecule has 1 saturated heterocycles. The average molecular weight is 268 g/mol. The summed E-state index contributed by atoms with van der Waals surface area (Å²) in [5, 5.41) is 0.920. The summed E-state index contributed by atoms with van der Waals surface area (Å²) in [6, 6.07) is 0. The number of nitrogens with one attached hydrogen (secondary N) is 1. The summed E-state index contributed by atoms with van der Waals surface area (Å²) >= 11 is 5.48. The van der Waals surface area contributed by atoms with Gasteiger partial charge in [-0.05, 0) is 6.92 Å². The first-order valence-electron chi connectivity index (χ1n) is 4.32. The van der Waals surface area contributed by atoms with Gasteiger partial charge in [0.1, 0.15) is 0 Å². The van der Waals surface area contributed by atoms with E-state index in [1.165, 1.54) is 7.05 Å². The fourth-order valence-corrected chi connectivity index (χ4v) is 3.05. The predicted octanol–water partition coefficient (Wildman–Crippen LogP) is 0.964. The molecular weight excluding hydrogens is 258 g/mol. The van der Waals surface area contributed by atoms with Crippen LogP contribution in [0, 0.1) is 0 Å². The lowest BCUT2D eigenvalue weighted by Gasteiger charge is -2.22. The molecule has 0 bridgehead atoms. The van der Waals surface area contributed by atoms with E-state index >= 15 is 0 Å². The molecule has 0 aromatic heterocycles. The first kappa shape index (κ1) is 13.5. The summed E-state index contributed by atoms with van der Waals surface area (Å²) in [6.45, 7) is 1.63. The highest BCUT2D eigenvalue weighted by Crippen LogP contribution is 2.40. The van der Waals surface area contributed by atoms with E-state index in [4.69, 9.17) is 12.2 Å². The number of hydrogen-bond acceptors (Lipinski definition) is 5. The van der Waals surface area contributed by atoms with Gasteiger partial charge in [-0.1, -0.05) is 24.0 Å². The van der Waals surface area contributed by atoms with E-state index in [0.717, 1.165) is 11.9 Å². The molecule has 8 heteroatoms. The van der Waals surface area contributed by atoms with E-state index in [1.54, 1.807) is 0 Å². The third-order valence-corrected chi connectivity index (χ3v) is 3.70. The number of alkyl halides is 2. The molecule has 1 amide bonds. The SMILES string of the molecule is CNN1C(=O)C(C)(C(=O)C(C)(F)F)SC1=S. The molecule has 4 nitrogen and oxygen atoms in total. The topological polar surface area (TPSA) is 49.4 Å². The highest BCUT2D eigenvalue weighted by molar-refractivity contribution is 8.25. The van der Waals surface area contributed by atoms with E-state index in [1.807, 2.05) is 0 Å². The van der Waals surface area contributed by atoms with Gasteiger partial charge in [-0.15, -0.1) is 0 Å². The summed E-state index contributed by atoms with van der Waals surface area (Å²) < 4.78 is 24.1. The van der Waals surface area contributed by atoms with E-state index in [2.05, 4.69) is 5.43 Å².